The zero-order chi connectivity index (χ0) is 21.2. The van der Waals surface area contributed by atoms with Gasteiger partial charge in [-0.2, -0.15) is 5.26 Å². The topological polar surface area (TPSA) is 92.1 Å². The van der Waals surface area contributed by atoms with Gasteiger partial charge >= 0.3 is 6.09 Å². The fourth-order valence-electron chi connectivity index (χ4n) is 3.53. The number of likely N-dealkylation sites (tertiary alicyclic amines) is 1. The van der Waals surface area contributed by atoms with Crippen LogP contribution in [0.4, 0.5) is 4.79 Å². The van der Waals surface area contributed by atoms with E-state index in [1.54, 1.807) is 41.0 Å². The number of benzene rings is 1. The Morgan fingerprint density at radius 1 is 1.24 bits per heavy atom. The van der Waals surface area contributed by atoms with Gasteiger partial charge in [-0.25, -0.2) is 4.79 Å². The lowest BCUT2D eigenvalue weighted by molar-refractivity contribution is -0.149. The predicted molar refractivity (Wildman–Crippen MR) is 104 cm³/mol. The summed E-state index contributed by atoms with van der Waals surface area (Å²) in [4.78, 5) is 28.8. The molecule has 0 aliphatic carbocycles. The molecule has 3 atom stereocenters. The van der Waals surface area contributed by atoms with E-state index >= 15 is 0 Å². The summed E-state index contributed by atoms with van der Waals surface area (Å²) in [5.74, 6) is 0.371. The van der Waals surface area contributed by atoms with Crippen molar-refractivity contribution >= 4 is 12.0 Å². The van der Waals surface area contributed by atoms with Crippen molar-refractivity contribution in [3.63, 3.8) is 0 Å². The average molecular weight is 401 g/mol. The monoisotopic (exact) mass is 401 g/mol. The van der Waals surface area contributed by atoms with E-state index in [4.69, 9.17) is 19.5 Å². The molecule has 0 radical (unpaired) electrons. The van der Waals surface area contributed by atoms with Gasteiger partial charge in [-0.05, 0) is 52.0 Å². The Kier molecular flexibility index (Phi) is 5.99. The molecule has 0 spiro atoms. The Labute approximate surface area is 170 Å². The maximum absolute atomic E-state index is 13.0. The summed E-state index contributed by atoms with van der Waals surface area (Å²) in [6, 6.07) is 8.45. The Morgan fingerprint density at radius 2 is 1.93 bits per heavy atom. The standard InChI is InChI=1S/C21H27N3O5/c1-14(28-16-7-5-15(11-22)6-8-16)19(25)24-9-10-27-18-13-23(12-17(18)24)20(26)29-21(2,3)4/h5-8,14,17-18H,9-10,12-13H2,1-4H3/t14-,17-,18+/m1/s1. The first kappa shape index (κ1) is 20.9. The molecule has 2 aliphatic heterocycles. The van der Waals surface area contributed by atoms with E-state index in [2.05, 4.69) is 0 Å². The minimum absolute atomic E-state index is 0.154. The molecule has 29 heavy (non-hydrogen) atoms. The lowest BCUT2D eigenvalue weighted by atomic mass is 10.1. The van der Waals surface area contributed by atoms with Gasteiger partial charge in [-0.1, -0.05) is 0 Å². The van der Waals surface area contributed by atoms with Gasteiger partial charge in [0.15, 0.2) is 6.10 Å². The van der Waals surface area contributed by atoms with Crippen molar-refractivity contribution < 1.29 is 23.8 Å². The van der Waals surface area contributed by atoms with E-state index in [0.717, 1.165) is 0 Å². The molecular weight excluding hydrogens is 374 g/mol. The molecule has 0 saturated carbocycles. The van der Waals surface area contributed by atoms with Crippen LogP contribution in [-0.4, -0.2) is 71.9 Å². The van der Waals surface area contributed by atoms with E-state index in [9.17, 15) is 9.59 Å². The largest absolute Gasteiger partial charge is 0.481 e. The fourth-order valence-corrected chi connectivity index (χ4v) is 3.53. The molecule has 8 heteroatoms. The number of nitrogens with zero attached hydrogens (tertiary/aromatic N) is 3. The van der Waals surface area contributed by atoms with Crippen LogP contribution >= 0.6 is 0 Å². The molecule has 2 saturated heterocycles. The average Bonchev–Trinajstić information content (AvgIpc) is 3.11. The molecule has 156 valence electrons. The highest BCUT2D eigenvalue weighted by Crippen LogP contribution is 2.26. The third-order valence-electron chi connectivity index (χ3n) is 4.88. The third kappa shape index (κ3) is 4.98. The second kappa shape index (κ2) is 8.29. The molecule has 0 aromatic heterocycles. The van der Waals surface area contributed by atoms with Gasteiger partial charge in [0, 0.05) is 13.1 Å². The number of fused-ring (bicyclic) bond motifs is 1. The van der Waals surface area contributed by atoms with Crippen molar-refractivity contribution in [1.29, 1.82) is 5.26 Å². The molecular formula is C21H27N3O5. The molecule has 1 aromatic carbocycles. The van der Waals surface area contributed by atoms with Crippen molar-refractivity contribution in [3.8, 4) is 11.8 Å². The second-order valence-electron chi connectivity index (χ2n) is 8.29. The van der Waals surface area contributed by atoms with E-state index in [1.165, 1.54) is 0 Å². The Balaban J connectivity index is 1.64. The maximum Gasteiger partial charge on any atom is 0.410 e. The van der Waals surface area contributed by atoms with Crippen molar-refractivity contribution in [2.75, 3.05) is 26.2 Å². The lowest BCUT2D eigenvalue weighted by Gasteiger charge is -2.37. The number of hydrogen-bond acceptors (Lipinski definition) is 6. The fraction of sp³-hybridized carbons (Fsp3) is 0.571. The molecule has 0 N–H and O–H groups in total. The van der Waals surface area contributed by atoms with Gasteiger partial charge < -0.3 is 24.0 Å². The first-order valence-electron chi connectivity index (χ1n) is 9.75. The van der Waals surface area contributed by atoms with E-state index in [0.29, 0.717) is 37.6 Å². The zero-order valence-corrected chi connectivity index (χ0v) is 17.3. The highest BCUT2D eigenvalue weighted by atomic mass is 16.6. The van der Waals surface area contributed by atoms with Crippen LogP contribution in [0.2, 0.25) is 0 Å². The lowest BCUT2D eigenvalue weighted by Crippen LogP contribution is -2.56. The number of carbonyl (C=O) groups excluding carboxylic acids is 2. The number of amides is 2. The number of nitriles is 1. The normalized spacial score (nSPS) is 22.4. The number of hydrogen-bond donors (Lipinski definition) is 0. The number of rotatable bonds is 3. The highest BCUT2D eigenvalue weighted by Gasteiger charge is 2.45. The summed E-state index contributed by atoms with van der Waals surface area (Å²) in [5, 5.41) is 8.88. The molecule has 1 aromatic rings. The van der Waals surface area contributed by atoms with Crippen molar-refractivity contribution in [3.05, 3.63) is 29.8 Å². The quantitative estimate of drug-likeness (QED) is 0.771. The molecule has 2 heterocycles. The second-order valence-corrected chi connectivity index (χ2v) is 8.29. The van der Waals surface area contributed by atoms with Crippen LogP contribution in [0.25, 0.3) is 0 Å². The SMILES string of the molecule is C[C@@H](Oc1ccc(C#N)cc1)C(=O)N1CCO[C@H]2CN(C(=O)OC(C)(C)C)C[C@H]21. The minimum atomic E-state index is -0.697. The summed E-state index contributed by atoms with van der Waals surface area (Å²) in [5.41, 5.74) is -0.0504. The Morgan fingerprint density at radius 3 is 2.55 bits per heavy atom. The van der Waals surface area contributed by atoms with Crippen LogP contribution in [0.15, 0.2) is 24.3 Å². The molecule has 3 rings (SSSR count). The van der Waals surface area contributed by atoms with Gasteiger partial charge in [0.1, 0.15) is 11.4 Å². The maximum atomic E-state index is 13.0. The summed E-state index contributed by atoms with van der Waals surface area (Å²) >= 11 is 0. The van der Waals surface area contributed by atoms with E-state index < -0.39 is 17.8 Å². The van der Waals surface area contributed by atoms with Crippen LogP contribution < -0.4 is 4.74 Å². The predicted octanol–water partition coefficient (Wildman–Crippen LogP) is 2.17. The molecule has 0 bridgehead atoms. The molecule has 2 amide bonds. The van der Waals surface area contributed by atoms with Gasteiger partial charge in [0.2, 0.25) is 0 Å². The first-order chi connectivity index (χ1) is 13.7. The van der Waals surface area contributed by atoms with Crippen LogP contribution in [0.5, 0.6) is 5.75 Å². The molecule has 2 aliphatic rings. The third-order valence-corrected chi connectivity index (χ3v) is 4.88. The summed E-state index contributed by atoms with van der Waals surface area (Å²) in [6.07, 6.45) is -1.33. The van der Waals surface area contributed by atoms with Crippen molar-refractivity contribution in [2.24, 2.45) is 0 Å². The van der Waals surface area contributed by atoms with E-state index in [-0.39, 0.29) is 18.1 Å². The number of ether oxygens (including phenoxy) is 3. The summed E-state index contributed by atoms with van der Waals surface area (Å²) in [7, 11) is 0. The molecule has 0 unspecified atom stereocenters. The first-order valence-corrected chi connectivity index (χ1v) is 9.75. The van der Waals surface area contributed by atoms with Gasteiger partial charge in [-0.15, -0.1) is 0 Å². The van der Waals surface area contributed by atoms with E-state index in [1.807, 2.05) is 26.8 Å². The van der Waals surface area contributed by atoms with Crippen LogP contribution in [0.1, 0.15) is 33.3 Å². The minimum Gasteiger partial charge on any atom is -0.481 e. The summed E-state index contributed by atoms with van der Waals surface area (Å²) in [6.45, 7) is 8.80. The smallest absolute Gasteiger partial charge is 0.410 e. The molecule has 2 fully saturated rings. The van der Waals surface area contributed by atoms with Crippen LogP contribution in [-0.2, 0) is 14.3 Å². The van der Waals surface area contributed by atoms with Crippen molar-refractivity contribution in [1.82, 2.24) is 9.80 Å². The Bertz CT molecular complexity index is 796. The van der Waals surface area contributed by atoms with Crippen LogP contribution in [0.3, 0.4) is 0 Å². The number of morpholine rings is 1. The summed E-state index contributed by atoms with van der Waals surface area (Å²) < 4.78 is 17.0. The van der Waals surface area contributed by atoms with Crippen molar-refractivity contribution in [2.45, 2.75) is 51.5 Å². The van der Waals surface area contributed by atoms with Gasteiger partial charge in [-0.3, -0.25) is 4.79 Å². The van der Waals surface area contributed by atoms with Crippen LogP contribution in [0, 0.1) is 11.3 Å². The Hall–Kier alpha value is -2.79. The highest BCUT2D eigenvalue weighted by molar-refractivity contribution is 5.81. The molecule has 8 nitrogen and oxygen atoms in total. The van der Waals surface area contributed by atoms with Gasteiger partial charge in [0.05, 0.1) is 36.9 Å². The zero-order valence-electron chi connectivity index (χ0n) is 17.3. The number of carbonyl (C=O) groups is 2. The van der Waals surface area contributed by atoms with Gasteiger partial charge in [0.25, 0.3) is 5.91 Å².